The van der Waals surface area contributed by atoms with Crippen molar-refractivity contribution in [2.24, 2.45) is 0 Å². The Bertz CT molecular complexity index is 1310. The van der Waals surface area contributed by atoms with E-state index in [0.717, 1.165) is 70.6 Å². The Balaban J connectivity index is 4.11. The molecule has 0 amide bonds. The molecule has 0 heterocycles. The fraction of sp³-hybridized carbons (Fsp3) is 0.862. The number of hydrogen-bond donors (Lipinski definition) is 0. The Morgan fingerprint density at radius 3 is 1.11 bits per heavy atom. The Kier molecular flexibility index (Phi) is 54.8. The van der Waals surface area contributed by atoms with Gasteiger partial charge in [-0.2, -0.15) is 0 Å². The molecule has 2 unspecified atom stereocenters. The van der Waals surface area contributed by atoms with Gasteiger partial charge in [0.25, 0.3) is 0 Å². The first-order chi connectivity index (χ1) is 36.1. The number of ether oxygens (including phenoxy) is 4. The third kappa shape index (κ3) is 57.2. The molecule has 9 heteroatoms. The Labute approximate surface area is 458 Å². The molecule has 0 aliphatic carbocycles. The summed E-state index contributed by atoms with van der Waals surface area (Å²) in [6.07, 6.45) is 66.4. The number of aliphatic carboxylic acids is 1. The molecule has 9 nitrogen and oxygen atoms in total. The van der Waals surface area contributed by atoms with E-state index in [-0.39, 0.29) is 32.2 Å². The zero-order valence-electron chi connectivity index (χ0n) is 49.5. The van der Waals surface area contributed by atoms with Crippen LogP contribution in [0.1, 0.15) is 303 Å². The van der Waals surface area contributed by atoms with Crippen LogP contribution in [0.4, 0.5) is 0 Å². The molecule has 0 rings (SSSR count). The fourth-order valence-electron chi connectivity index (χ4n) is 9.25. The highest BCUT2D eigenvalue weighted by Crippen LogP contribution is 2.18. The molecule has 0 fully saturated rings. The van der Waals surface area contributed by atoms with Crippen LogP contribution in [0, 0.1) is 0 Å². The van der Waals surface area contributed by atoms with Crippen molar-refractivity contribution in [2.75, 3.05) is 47.5 Å². The van der Waals surface area contributed by atoms with E-state index in [1.54, 1.807) is 0 Å². The van der Waals surface area contributed by atoms with Gasteiger partial charge in [0.05, 0.1) is 40.3 Å². The van der Waals surface area contributed by atoms with Crippen molar-refractivity contribution < 1.29 is 42.9 Å². The minimum absolute atomic E-state index is 0.146. The molecule has 0 aromatic heterocycles. The maximum Gasteiger partial charge on any atom is 0.306 e. The van der Waals surface area contributed by atoms with Crippen molar-refractivity contribution in [1.29, 1.82) is 0 Å². The summed E-state index contributed by atoms with van der Waals surface area (Å²) in [6, 6.07) is 0. The largest absolute Gasteiger partial charge is 0.545 e. The quantitative estimate of drug-likeness (QED) is 0.0195. The van der Waals surface area contributed by atoms with Crippen LogP contribution in [0.25, 0.3) is 0 Å². The first kappa shape index (κ1) is 71.5. The summed E-state index contributed by atoms with van der Waals surface area (Å²) < 4.78 is 22.7. The summed E-state index contributed by atoms with van der Waals surface area (Å²) in [5, 5.41) is 11.8. The number of carbonyl (C=O) groups is 3. The molecule has 0 aromatic carbocycles. The number of quaternary nitrogens is 1. The van der Waals surface area contributed by atoms with Gasteiger partial charge in [0.1, 0.15) is 13.2 Å². The van der Waals surface area contributed by atoms with Gasteiger partial charge in [0, 0.05) is 12.8 Å². The topological polar surface area (TPSA) is 111 Å². The van der Waals surface area contributed by atoms with Crippen molar-refractivity contribution in [2.45, 2.75) is 315 Å². The minimum atomic E-state index is -1.62. The van der Waals surface area contributed by atoms with Gasteiger partial charge in [-0.25, -0.2) is 0 Å². The number of carboxylic acids is 1. The van der Waals surface area contributed by atoms with Crippen LogP contribution >= 0.6 is 0 Å². The lowest BCUT2D eigenvalue weighted by Gasteiger charge is -2.26. The van der Waals surface area contributed by atoms with Crippen LogP contribution in [0.3, 0.4) is 0 Å². The number of allylic oxidation sites excluding steroid dienone is 6. The number of hydrogen-bond acceptors (Lipinski definition) is 8. The standard InChI is InChI=1S/C65H121NO8/c1-6-8-10-12-14-16-18-20-22-24-26-27-28-29-30-31-32-33-34-35-36-38-39-41-43-45-47-49-51-53-55-62(67)72-59-61(60-73-65(64(69)70)71-58-57-66(3,4)5)74-63(68)56-54-52-50-48-46-44-42-40-37-25-23-21-19-17-15-13-11-9-7-2/h15,17,21,23,37,40,61,65H,6-14,16,18-20,22,24-36,38-39,41-60H2,1-5H3/b17-15-,23-21-,40-37-. The van der Waals surface area contributed by atoms with Gasteiger partial charge < -0.3 is 33.3 Å². The molecule has 0 saturated carbocycles. The lowest BCUT2D eigenvalue weighted by atomic mass is 10.0. The van der Waals surface area contributed by atoms with Gasteiger partial charge in [-0.3, -0.25) is 9.59 Å². The van der Waals surface area contributed by atoms with Crippen molar-refractivity contribution in [3.05, 3.63) is 36.5 Å². The normalized spacial score (nSPS) is 12.9. The van der Waals surface area contributed by atoms with Crippen LogP contribution in [-0.4, -0.2) is 82.3 Å². The van der Waals surface area contributed by atoms with E-state index in [1.807, 2.05) is 21.1 Å². The highest BCUT2D eigenvalue weighted by molar-refractivity contribution is 5.70. The van der Waals surface area contributed by atoms with Crippen molar-refractivity contribution >= 4 is 17.9 Å². The number of carbonyl (C=O) groups excluding carboxylic acids is 3. The van der Waals surface area contributed by atoms with Crippen LogP contribution in [0.2, 0.25) is 0 Å². The third-order valence-corrected chi connectivity index (χ3v) is 14.1. The first-order valence-electron chi connectivity index (χ1n) is 31.6. The van der Waals surface area contributed by atoms with E-state index < -0.39 is 24.3 Å². The molecule has 0 spiro atoms. The summed E-state index contributed by atoms with van der Waals surface area (Å²) in [5.41, 5.74) is 0. The highest BCUT2D eigenvalue weighted by atomic mass is 16.7. The summed E-state index contributed by atoms with van der Waals surface area (Å²) in [4.78, 5) is 37.3. The molecule has 0 saturated heterocycles. The molecule has 434 valence electrons. The highest BCUT2D eigenvalue weighted by Gasteiger charge is 2.22. The third-order valence-electron chi connectivity index (χ3n) is 14.1. The van der Waals surface area contributed by atoms with E-state index in [0.29, 0.717) is 23.9 Å². The minimum Gasteiger partial charge on any atom is -0.545 e. The lowest BCUT2D eigenvalue weighted by Crippen LogP contribution is -2.44. The number of rotatable bonds is 59. The number of nitrogens with zero attached hydrogens (tertiary/aromatic N) is 1. The number of likely N-dealkylation sites (N-methyl/N-ethyl adjacent to an activating group) is 1. The number of carboxylic acid groups (broad SMARTS) is 1. The molecule has 2 atom stereocenters. The van der Waals surface area contributed by atoms with E-state index >= 15 is 0 Å². The second-order valence-electron chi connectivity index (χ2n) is 22.7. The molecule has 0 bridgehead atoms. The van der Waals surface area contributed by atoms with E-state index in [2.05, 4.69) is 50.3 Å². The van der Waals surface area contributed by atoms with E-state index in [4.69, 9.17) is 18.9 Å². The fourth-order valence-corrected chi connectivity index (χ4v) is 9.25. The Morgan fingerprint density at radius 1 is 0.405 bits per heavy atom. The van der Waals surface area contributed by atoms with Crippen LogP contribution < -0.4 is 5.11 Å². The molecular formula is C65H121NO8. The van der Waals surface area contributed by atoms with Gasteiger partial charge in [-0.05, 0) is 51.4 Å². The van der Waals surface area contributed by atoms with Gasteiger partial charge in [0.15, 0.2) is 12.4 Å². The number of unbranched alkanes of at least 4 members (excludes halogenated alkanes) is 38. The molecule has 0 aliphatic heterocycles. The monoisotopic (exact) mass is 1040 g/mol. The summed E-state index contributed by atoms with van der Waals surface area (Å²) >= 11 is 0. The first-order valence-corrected chi connectivity index (χ1v) is 31.6. The molecule has 0 aliphatic rings. The zero-order valence-corrected chi connectivity index (χ0v) is 49.5. The maximum absolute atomic E-state index is 12.9. The predicted octanol–water partition coefficient (Wildman–Crippen LogP) is 17.5. The zero-order chi connectivity index (χ0) is 54.1. The summed E-state index contributed by atoms with van der Waals surface area (Å²) in [5.74, 6) is -2.28. The van der Waals surface area contributed by atoms with Gasteiger partial charge in [-0.1, -0.05) is 275 Å². The van der Waals surface area contributed by atoms with Crippen LogP contribution in [0.5, 0.6) is 0 Å². The van der Waals surface area contributed by atoms with Gasteiger partial charge in [-0.15, -0.1) is 0 Å². The predicted molar refractivity (Wildman–Crippen MR) is 311 cm³/mol. The lowest BCUT2D eigenvalue weighted by molar-refractivity contribution is -0.870. The molecular weight excluding hydrogens is 923 g/mol. The van der Waals surface area contributed by atoms with E-state index in [1.165, 1.54) is 199 Å². The van der Waals surface area contributed by atoms with Crippen LogP contribution in [-0.2, 0) is 33.3 Å². The van der Waals surface area contributed by atoms with Crippen LogP contribution in [0.15, 0.2) is 36.5 Å². The Morgan fingerprint density at radius 2 is 0.730 bits per heavy atom. The number of esters is 2. The van der Waals surface area contributed by atoms with Crippen molar-refractivity contribution in [3.63, 3.8) is 0 Å². The maximum atomic E-state index is 12.9. The Hall–Kier alpha value is -2.49. The molecule has 0 N–H and O–H groups in total. The van der Waals surface area contributed by atoms with Crippen molar-refractivity contribution in [3.8, 4) is 0 Å². The van der Waals surface area contributed by atoms with Crippen molar-refractivity contribution in [1.82, 2.24) is 0 Å². The molecule has 74 heavy (non-hydrogen) atoms. The molecule has 0 radical (unpaired) electrons. The SMILES string of the molecule is CCCCC/C=C\C/C=C\C/C=C\CCCCCCCCC(=O)OC(COC(=O)CCCCCCCCCCCCCCCCCCCCCCCCCCCCCCCC)COC(OCC[N+](C)(C)C)C(=O)[O-]. The smallest absolute Gasteiger partial charge is 0.306 e. The van der Waals surface area contributed by atoms with Gasteiger partial charge in [0.2, 0.25) is 0 Å². The summed E-state index contributed by atoms with van der Waals surface area (Å²) in [7, 11) is 5.93. The average molecular weight is 1040 g/mol. The summed E-state index contributed by atoms with van der Waals surface area (Å²) in [6.45, 7) is 4.75. The average Bonchev–Trinajstić information content (AvgIpc) is 3.37. The second-order valence-corrected chi connectivity index (χ2v) is 22.7. The second kappa shape index (κ2) is 56.7. The van der Waals surface area contributed by atoms with E-state index in [9.17, 15) is 19.5 Å². The molecule has 0 aromatic rings. The van der Waals surface area contributed by atoms with Gasteiger partial charge >= 0.3 is 11.9 Å².